The number of fused-ring (bicyclic) bond motifs is 1. The molecule has 0 saturated heterocycles. The molecule has 3 aromatic rings. The molecular weight excluding hydrogens is 423 g/mol. The van der Waals surface area contributed by atoms with Crippen LogP contribution < -0.4 is 15.4 Å². The number of nitrogens with zero attached hydrogens (tertiary/aromatic N) is 1. The molecule has 4 N–H and O–H groups in total. The topological polar surface area (TPSA) is 82.2 Å². The van der Waals surface area contributed by atoms with Gasteiger partial charge in [0, 0.05) is 28.8 Å². The third kappa shape index (κ3) is 5.18. The fraction of sp³-hybridized carbons (Fsp3) is 0.120. The first kappa shape index (κ1) is 21.6. The summed E-state index contributed by atoms with van der Waals surface area (Å²) in [5.74, 6) is -0.894. The van der Waals surface area contributed by atoms with Crippen molar-refractivity contribution in [3.8, 4) is 0 Å². The normalized spacial score (nSPS) is 13.4. The van der Waals surface area contributed by atoms with E-state index in [2.05, 4.69) is 33.9 Å². The van der Waals surface area contributed by atoms with Gasteiger partial charge < -0.3 is 15.4 Å². The molecule has 0 bridgehead atoms. The number of nitrogens with one attached hydrogen (secondary N) is 2. The zero-order valence-corrected chi connectivity index (χ0v) is 18.2. The highest BCUT2D eigenvalue weighted by atomic mass is 32.2. The van der Waals surface area contributed by atoms with Crippen LogP contribution in [0.5, 0.6) is 0 Å². The van der Waals surface area contributed by atoms with Gasteiger partial charge in [0.25, 0.3) is 5.91 Å². The summed E-state index contributed by atoms with van der Waals surface area (Å²) in [6.45, 7) is 0.975. The van der Waals surface area contributed by atoms with Crippen LogP contribution in [-0.4, -0.2) is 18.3 Å². The molecule has 1 amide bonds. The van der Waals surface area contributed by atoms with Crippen molar-refractivity contribution in [2.24, 2.45) is 5.73 Å². The molecule has 0 unspecified atom stereocenters. The highest BCUT2D eigenvalue weighted by Crippen LogP contribution is 2.35. The molecule has 0 aliphatic carbocycles. The number of carbonyl (C=O) groups is 1. The Hall–Kier alpha value is -3.58. The lowest BCUT2D eigenvalue weighted by atomic mass is 10.0. The van der Waals surface area contributed by atoms with Crippen molar-refractivity contribution in [2.75, 3.05) is 10.8 Å². The van der Waals surface area contributed by atoms with E-state index in [9.17, 15) is 9.18 Å². The third-order valence-electron chi connectivity index (χ3n) is 5.13. The van der Waals surface area contributed by atoms with Gasteiger partial charge in [-0.05, 0) is 78.4 Å². The van der Waals surface area contributed by atoms with Gasteiger partial charge in [0.2, 0.25) is 0 Å². The van der Waals surface area contributed by atoms with Crippen molar-refractivity contribution in [1.82, 2.24) is 5.32 Å². The van der Waals surface area contributed by atoms with Crippen molar-refractivity contribution in [1.29, 1.82) is 5.41 Å². The van der Waals surface area contributed by atoms with Crippen LogP contribution in [0.3, 0.4) is 0 Å². The lowest BCUT2D eigenvalue weighted by Crippen LogP contribution is -2.29. The predicted octanol–water partition coefficient (Wildman–Crippen LogP) is 4.99. The second kappa shape index (κ2) is 9.70. The van der Waals surface area contributed by atoms with Gasteiger partial charge in [0.15, 0.2) is 0 Å². The molecule has 1 heterocycles. The number of aryl methyl sites for hydroxylation is 1. The van der Waals surface area contributed by atoms with Crippen LogP contribution >= 0.6 is 11.9 Å². The molecule has 3 aromatic carbocycles. The number of benzene rings is 3. The first-order chi connectivity index (χ1) is 15.5. The number of rotatable bonds is 5. The summed E-state index contributed by atoms with van der Waals surface area (Å²) in [6, 6.07) is 21.4. The average Bonchev–Trinajstić information content (AvgIpc) is 2.80. The number of amides is 1. The minimum absolute atomic E-state index is 0.139. The Morgan fingerprint density at radius 1 is 1.03 bits per heavy atom. The minimum Gasteiger partial charge on any atom is -0.398 e. The number of carbonyl (C=O) groups excluding carboxylic acids is 1. The van der Waals surface area contributed by atoms with Crippen molar-refractivity contribution in [3.05, 3.63) is 101 Å². The Kier molecular flexibility index (Phi) is 6.56. The summed E-state index contributed by atoms with van der Waals surface area (Å²) in [7, 11) is 0. The van der Waals surface area contributed by atoms with Crippen LogP contribution in [0.2, 0.25) is 0 Å². The lowest BCUT2D eigenvalue weighted by Gasteiger charge is -2.29. The summed E-state index contributed by atoms with van der Waals surface area (Å²) in [5.41, 5.74) is 9.83. The Bertz CT molecular complexity index is 1160. The van der Waals surface area contributed by atoms with E-state index in [1.54, 1.807) is 24.1 Å². The highest BCUT2D eigenvalue weighted by molar-refractivity contribution is 8.00. The van der Waals surface area contributed by atoms with Gasteiger partial charge >= 0.3 is 0 Å². The van der Waals surface area contributed by atoms with Crippen molar-refractivity contribution in [2.45, 2.75) is 17.7 Å². The van der Waals surface area contributed by atoms with E-state index >= 15 is 0 Å². The van der Waals surface area contributed by atoms with Gasteiger partial charge in [-0.1, -0.05) is 30.3 Å². The number of para-hydroxylation sites is 1. The molecule has 0 radical (unpaired) electrons. The van der Waals surface area contributed by atoms with Crippen molar-refractivity contribution >= 4 is 35.1 Å². The van der Waals surface area contributed by atoms with Crippen LogP contribution in [0.4, 0.5) is 10.1 Å². The highest BCUT2D eigenvalue weighted by Gasteiger charge is 2.17. The van der Waals surface area contributed by atoms with E-state index < -0.39 is 5.91 Å². The van der Waals surface area contributed by atoms with E-state index in [1.165, 1.54) is 41.6 Å². The number of hydrogen-bond donors (Lipinski definition) is 3. The number of amidine groups is 1. The molecule has 32 heavy (non-hydrogen) atoms. The van der Waals surface area contributed by atoms with E-state index in [4.69, 9.17) is 11.1 Å². The number of halogens is 1. The second-order valence-electron chi connectivity index (χ2n) is 7.42. The largest absolute Gasteiger partial charge is 0.398 e. The lowest BCUT2D eigenvalue weighted by molar-refractivity contribution is 0.0977. The minimum atomic E-state index is -0.391. The summed E-state index contributed by atoms with van der Waals surface area (Å²) >= 11 is 1.66. The Morgan fingerprint density at radius 3 is 2.47 bits per heavy atom. The quantitative estimate of drug-likeness (QED) is 0.293. The van der Waals surface area contributed by atoms with Crippen LogP contribution in [0.15, 0.2) is 83.8 Å². The molecule has 5 nitrogen and oxygen atoms in total. The molecule has 1 aliphatic rings. The molecule has 7 heteroatoms. The SMILES string of the molecule is N=C(C=C(N)c1ccc(F)cc1)NC(=O)c1ccc(SN2CCCc3ccccc32)cc1. The van der Waals surface area contributed by atoms with Gasteiger partial charge in [-0.25, -0.2) is 4.39 Å². The first-order valence-corrected chi connectivity index (χ1v) is 11.0. The molecule has 162 valence electrons. The predicted molar refractivity (Wildman–Crippen MR) is 128 cm³/mol. The van der Waals surface area contributed by atoms with E-state index in [0.29, 0.717) is 11.1 Å². The maximum Gasteiger partial charge on any atom is 0.256 e. The number of hydrogen-bond acceptors (Lipinski definition) is 5. The summed E-state index contributed by atoms with van der Waals surface area (Å²) in [5, 5.41) is 10.5. The molecule has 0 saturated carbocycles. The number of nitrogens with two attached hydrogens (primary N) is 1. The molecule has 0 spiro atoms. The fourth-order valence-corrected chi connectivity index (χ4v) is 4.51. The summed E-state index contributed by atoms with van der Waals surface area (Å²) < 4.78 is 15.3. The second-order valence-corrected chi connectivity index (χ2v) is 8.52. The Balaban J connectivity index is 1.38. The Morgan fingerprint density at radius 2 is 1.72 bits per heavy atom. The van der Waals surface area contributed by atoms with Gasteiger partial charge in [0.05, 0.1) is 5.69 Å². The van der Waals surface area contributed by atoms with Crippen LogP contribution in [-0.2, 0) is 6.42 Å². The molecule has 0 atom stereocenters. The van der Waals surface area contributed by atoms with Crippen molar-refractivity contribution in [3.63, 3.8) is 0 Å². The molecular formula is C25H23FN4OS. The Labute approximate surface area is 190 Å². The van der Waals surface area contributed by atoms with Crippen LogP contribution in [0.25, 0.3) is 5.70 Å². The third-order valence-corrected chi connectivity index (χ3v) is 6.21. The standard InChI is InChI=1S/C25H23FN4OS/c26-20-11-7-17(8-12-20)22(27)16-24(28)29-25(31)19-9-13-21(14-10-19)32-30-15-3-5-18-4-1-2-6-23(18)30/h1-2,4,6-14,16H,3,5,15,27H2,(H2,28,29,31). The maximum atomic E-state index is 13.0. The van der Waals surface area contributed by atoms with Crippen molar-refractivity contribution < 1.29 is 9.18 Å². The van der Waals surface area contributed by atoms with Gasteiger partial charge in [-0.2, -0.15) is 0 Å². The van der Waals surface area contributed by atoms with Gasteiger partial charge in [0.1, 0.15) is 11.7 Å². The molecule has 0 aromatic heterocycles. The maximum absolute atomic E-state index is 13.0. The molecule has 0 fully saturated rings. The number of anilines is 1. The summed E-state index contributed by atoms with van der Waals surface area (Å²) in [6.07, 6.45) is 3.54. The average molecular weight is 447 g/mol. The van der Waals surface area contributed by atoms with E-state index in [-0.39, 0.29) is 17.3 Å². The first-order valence-electron chi connectivity index (χ1n) is 10.3. The van der Waals surface area contributed by atoms with Crippen LogP contribution in [0.1, 0.15) is 27.9 Å². The monoisotopic (exact) mass is 446 g/mol. The smallest absolute Gasteiger partial charge is 0.256 e. The van der Waals surface area contributed by atoms with E-state index in [0.717, 1.165) is 24.3 Å². The van der Waals surface area contributed by atoms with Gasteiger partial charge in [-0.15, -0.1) is 0 Å². The van der Waals surface area contributed by atoms with Gasteiger partial charge in [-0.3, -0.25) is 10.2 Å². The van der Waals surface area contributed by atoms with Crippen LogP contribution in [0, 0.1) is 11.2 Å². The zero-order valence-electron chi connectivity index (χ0n) is 17.3. The molecule has 4 rings (SSSR count). The summed E-state index contributed by atoms with van der Waals surface area (Å²) in [4.78, 5) is 13.5. The fourth-order valence-electron chi connectivity index (χ4n) is 3.50. The molecule has 1 aliphatic heterocycles. The zero-order chi connectivity index (χ0) is 22.5. The van der Waals surface area contributed by atoms with E-state index in [1.807, 2.05) is 12.1 Å².